The third-order valence-corrected chi connectivity index (χ3v) is 2.81. The van der Waals surface area contributed by atoms with Gasteiger partial charge >= 0.3 is 5.97 Å². The molecule has 2 nitrogen and oxygen atoms in total. The van der Waals surface area contributed by atoms with Crippen molar-refractivity contribution in [2.24, 2.45) is 0 Å². The van der Waals surface area contributed by atoms with E-state index in [4.69, 9.17) is 4.74 Å². The molecule has 0 amide bonds. The summed E-state index contributed by atoms with van der Waals surface area (Å²) in [4.78, 5) is 11.6. The molecule has 0 N–H and O–H groups in total. The first-order valence-electron chi connectivity index (χ1n) is 4.79. The molecule has 0 radical (unpaired) electrons. The number of esters is 1. The first-order chi connectivity index (χ1) is 6.51. The lowest BCUT2D eigenvalue weighted by molar-refractivity contribution is -0.152. The van der Waals surface area contributed by atoms with Crippen LogP contribution in [0, 0.1) is 6.92 Å². The lowest BCUT2D eigenvalue weighted by Gasteiger charge is -2.30. The Morgan fingerprint density at radius 3 is 2.79 bits per heavy atom. The quantitative estimate of drug-likeness (QED) is 0.587. The van der Waals surface area contributed by atoms with E-state index in [-0.39, 0.29) is 5.97 Å². The maximum atomic E-state index is 11.6. The summed E-state index contributed by atoms with van der Waals surface area (Å²) in [6, 6.07) is 6.17. The SMILES string of the molecule is Cc1ccc2c(c1)C(C)(C)C(=O)OC2. The van der Waals surface area contributed by atoms with Crippen LogP contribution in [0.1, 0.15) is 30.5 Å². The van der Waals surface area contributed by atoms with Gasteiger partial charge in [0.1, 0.15) is 6.61 Å². The van der Waals surface area contributed by atoms with Gasteiger partial charge in [-0.15, -0.1) is 0 Å². The van der Waals surface area contributed by atoms with Gasteiger partial charge in [0.2, 0.25) is 0 Å². The predicted octanol–water partition coefficient (Wildman–Crippen LogP) is 2.33. The van der Waals surface area contributed by atoms with Gasteiger partial charge in [0.25, 0.3) is 0 Å². The van der Waals surface area contributed by atoms with E-state index < -0.39 is 5.41 Å². The summed E-state index contributed by atoms with van der Waals surface area (Å²) in [5.74, 6) is -0.129. The summed E-state index contributed by atoms with van der Waals surface area (Å²) in [5, 5.41) is 0. The summed E-state index contributed by atoms with van der Waals surface area (Å²) in [6.07, 6.45) is 0. The van der Waals surface area contributed by atoms with Crippen LogP contribution in [0.15, 0.2) is 18.2 Å². The molecule has 0 spiro atoms. The number of aryl methyl sites for hydroxylation is 1. The van der Waals surface area contributed by atoms with Crippen LogP contribution in [0.4, 0.5) is 0 Å². The molecule has 1 aromatic rings. The van der Waals surface area contributed by atoms with Gasteiger partial charge in [-0.3, -0.25) is 4.79 Å². The fourth-order valence-electron chi connectivity index (χ4n) is 1.83. The van der Waals surface area contributed by atoms with Gasteiger partial charge in [-0.2, -0.15) is 0 Å². The van der Waals surface area contributed by atoms with E-state index in [1.807, 2.05) is 32.9 Å². The molecule has 0 bridgehead atoms. The number of rotatable bonds is 0. The van der Waals surface area contributed by atoms with E-state index in [2.05, 4.69) is 6.07 Å². The second-order valence-corrected chi connectivity index (χ2v) is 4.36. The fourth-order valence-corrected chi connectivity index (χ4v) is 1.83. The molecule has 14 heavy (non-hydrogen) atoms. The summed E-state index contributed by atoms with van der Waals surface area (Å²) in [7, 11) is 0. The van der Waals surface area contributed by atoms with Crippen molar-refractivity contribution in [3.8, 4) is 0 Å². The van der Waals surface area contributed by atoms with Gasteiger partial charge < -0.3 is 4.74 Å². The molecule has 0 aromatic heterocycles. The van der Waals surface area contributed by atoms with Crippen molar-refractivity contribution in [1.82, 2.24) is 0 Å². The maximum absolute atomic E-state index is 11.6. The Kier molecular flexibility index (Phi) is 1.88. The number of fused-ring (bicyclic) bond motifs is 1. The van der Waals surface area contributed by atoms with E-state index in [1.165, 1.54) is 5.56 Å². The van der Waals surface area contributed by atoms with Crippen molar-refractivity contribution in [2.45, 2.75) is 32.8 Å². The van der Waals surface area contributed by atoms with E-state index in [9.17, 15) is 4.79 Å². The average Bonchev–Trinajstić information content (AvgIpc) is 2.13. The minimum absolute atomic E-state index is 0.129. The number of hydrogen-bond acceptors (Lipinski definition) is 2. The normalized spacial score (nSPS) is 18.6. The maximum Gasteiger partial charge on any atom is 0.316 e. The van der Waals surface area contributed by atoms with Crippen LogP contribution in [0.3, 0.4) is 0 Å². The van der Waals surface area contributed by atoms with Crippen molar-refractivity contribution in [3.05, 3.63) is 34.9 Å². The lowest BCUT2D eigenvalue weighted by atomic mass is 9.80. The number of carbonyl (C=O) groups excluding carboxylic acids is 1. The molecule has 2 rings (SSSR count). The molecule has 2 heteroatoms. The molecule has 0 saturated heterocycles. The first-order valence-corrected chi connectivity index (χ1v) is 4.79. The fraction of sp³-hybridized carbons (Fsp3) is 0.417. The Bertz CT molecular complexity index is 391. The minimum Gasteiger partial charge on any atom is -0.460 e. The topological polar surface area (TPSA) is 26.3 Å². The third kappa shape index (κ3) is 1.22. The molecule has 1 aliphatic rings. The highest BCUT2D eigenvalue weighted by Crippen LogP contribution is 2.33. The monoisotopic (exact) mass is 190 g/mol. The highest BCUT2D eigenvalue weighted by Gasteiger charge is 2.37. The van der Waals surface area contributed by atoms with Crippen LogP contribution in [0.5, 0.6) is 0 Å². The van der Waals surface area contributed by atoms with Crippen LogP contribution in [-0.4, -0.2) is 5.97 Å². The zero-order valence-corrected chi connectivity index (χ0v) is 8.76. The summed E-state index contributed by atoms with van der Waals surface area (Å²) >= 11 is 0. The molecule has 74 valence electrons. The van der Waals surface area contributed by atoms with Crippen molar-refractivity contribution in [3.63, 3.8) is 0 Å². The van der Waals surface area contributed by atoms with Gasteiger partial charge in [0, 0.05) is 0 Å². The lowest BCUT2D eigenvalue weighted by Crippen LogP contribution is -2.36. The highest BCUT2D eigenvalue weighted by molar-refractivity contribution is 5.84. The van der Waals surface area contributed by atoms with Gasteiger partial charge in [-0.1, -0.05) is 23.8 Å². The van der Waals surface area contributed by atoms with Gasteiger partial charge in [0.15, 0.2) is 0 Å². The Balaban J connectivity index is 2.61. The van der Waals surface area contributed by atoms with Crippen LogP contribution < -0.4 is 0 Å². The van der Waals surface area contributed by atoms with Crippen molar-refractivity contribution >= 4 is 5.97 Å². The highest BCUT2D eigenvalue weighted by atomic mass is 16.5. The van der Waals surface area contributed by atoms with Crippen molar-refractivity contribution in [2.75, 3.05) is 0 Å². The Hall–Kier alpha value is -1.31. The zero-order valence-electron chi connectivity index (χ0n) is 8.76. The number of ether oxygens (including phenoxy) is 1. The van der Waals surface area contributed by atoms with Crippen molar-refractivity contribution in [1.29, 1.82) is 0 Å². The Morgan fingerprint density at radius 1 is 1.36 bits per heavy atom. The summed E-state index contributed by atoms with van der Waals surface area (Å²) in [5.41, 5.74) is 2.92. The number of benzene rings is 1. The number of hydrogen-bond donors (Lipinski definition) is 0. The largest absolute Gasteiger partial charge is 0.460 e. The Labute approximate surface area is 83.9 Å². The molecule has 0 saturated carbocycles. The number of carbonyl (C=O) groups is 1. The molecule has 1 aliphatic heterocycles. The van der Waals surface area contributed by atoms with Crippen LogP contribution in [-0.2, 0) is 21.6 Å². The molecular formula is C12H14O2. The molecule has 0 atom stereocenters. The second-order valence-electron chi connectivity index (χ2n) is 4.36. The summed E-state index contributed by atoms with van der Waals surface area (Å²) < 4.78 is 5.12. The average molecular weight is 190 g/mol. The van der Waals surface area contributed by atoms with Gasteiger partial charge in [-0.25, -0.2) is 0 Å². The Morgan fingerprint density at radius 2 is 2.07 bits per heavy atom. The van der Waals surface area contributed by atoms with E-state index in [1.54, 1.807) is 0 Å². The molecule has 0 fully saturated rings. The molecule has 0 aliphatic carbocycles. The van der Waals surface area contributed by atoms with Crippen LogP contribution in [0.2, 0.25) is 0 Å². The molecular weight excluding hydrogens is 176 g/mol. The molecule has 0 unspecified atom stereocenters. The number of cyclic esters (lactones) is 1. The second kappa shape index (κ2) is 2.84. The smallest absolute Gasteiger partial charge is 0.316 e. The molecule has 1 aromatic carbocycles. The van der Waals surface area contributed by atoms with E-state index in [0.29, 0.717) is 6.61 Å². The van der Waals surface area contributed by atoms with Gasteiger partial charge in [0.05, 0.1) is 5.41 Å². The van der Waals surface area contributed by atoms with Crippen molar-refractivity contribution < 1.29 is 9.53 Å². The molecule has 1 heterocycles. The minimum atomic E-state index is -0.500. The summed E-state index contributed by atoms with van der Waals surface area (Å²) in [6.45, 7) is 6.27. The standard InChI is InChI=1S/C12H14O2/c1-8-4-5-9-7-14-11(13)12(2,3)10(9)6-8/h4-6H,7H2,1-3H3. The third-order valence-electron chi connectivity index (χ3n) is 2.81. The van der Waals surface area contributed by atoms with Crippen LogP contribution in [0.25, 0.3) is 0 Å². The van der Waals surface area contributed by atoms with Crippen LogP contribution >= 0.6 is 0 Å². The predicted molar refractivity (Wildman–Crippen MR) is 54.0 cm³/mol. The van der Waals surface area contributed by atoms with E-state index in [0.717, 1.165) is 11.1 Å². The zero-order chi connectivity index (χ0) is 10.3. The van der Waals surface area contributed by atoms with E-state index >= 15 is 0 Å². The van der Waals surface area contributed by atoms with Gasteiger partial charge in [-0.05, 0) is 31.9 Å². The first kappa shape index (κ1) is 9.25.